The summed E-state index contributed by atoms with van der Waals surface area (Å²) in [5.74, 6) is -1.08. The van der Waals surface area contributed by atoms with Gasteiger partial charge in [-0.25, -0.2) is 22.8 Å². The van der Waals surface area contributed by atoms with Gasteiger partial charge >= 0.3 is 6.18 Å². The smallest absolute Gasteiger partial charge is 0.365 e. The van der Waals surface area contributed by atoms with Crippen LogP contribution in [0.2, 0.25) is 0 Å². The fraction of sp³-hybridized carbons (Fsp3) is 0.300. The van der Waals surface area contributed by atoms with Crippen molar-refractivity contribution in [2.45, 2.75) is 23.2 Å². The molecule has 12 heteroatoms. The Morgan fingerprint density at radius 2 is 1.88 bits per heavy atom. The lowest BCUT2D eigenvalue weighted by atomic mass is 9.94. The number of rotatable bonds is 5. The van der Waals surface area contributed by atoms with Gasteiger partial charge in [0, 0.05) is 38.3 Å². The van der Waals surface area contributed by atoms with E-state index in [1.165, 1.54) is 51.7 Å². The van der Waals surface area contributed by atoms with Crippen LogP contribution in [0.4, 0.5) is 23.4 Å². The maximum atomic E-state index is 13.9. The summed E-state index contributed by atoms with van der Waals surface area (Å²) in [5, 5.41) is 2.77. The Kier molecular flexibility index (Phi) is 5.67. The summed E-state index contributed by atoms with van der Waals surface area (Å²) in [4.78, 5) is 7.52. The highest BCUT2D eigenvalue weighted by atomic mass is 32.2. The van der Waals surface area contributed by atoms with E-state index >= 15 is 0 Å². The van der Waals surface area contributed by atoms with Crippen molar-refractivity contribution in [2.75, 3.05) is 18.4 Å². The molecule has 0 radical (unpaired) electrons. The van der Waals surface area contributed by atoms with Crippen LogP contribution in [-0.2, 0) is 23.2 Å². The minimum atomic E-state index is -4.62. The molecule has 3 heterocycles. The largest absolute Gasteiger partial charge is 0.433 e. The van der Waals surface area contributed by atoms with E-state index in [9.17, 15) is 26.0 Å². The maximum absolute atomic E-state index is 13.9. The zero-order valence-corrected chi connectivity index (χ0v) is 17.6. The fourth-order valence-electron chi connectivity index (χ4n) is 3.70. The lowest BCUT2D eigenvalue weighted by Gasteiger charge is -2.21. The number of hydrogen-bond acceptors (Lipinski definition) is 5. The van der Waals surface area contributed by atoms with E-state index in [1.807, 2.05) is 0 Å². The van der Waals surface area contributed by atoms with Gasteiger partial charge in [-0.1, -0.05) is 18.2 Å². The number of nitrogens with zero attached hydrogens (tertiary/aromatic N) is 4. The first-order valence-corrected chi connectivity index (χ1v) is 11.0. The molecule has 1 N–H and O–H groups in total. The van der Waals surface area contributed by atoms with Gasteiger partial charge in [0.2, 0.25) is 0 Å². The Morgan fingerprint density at radius 1 is 1.12 bits per heavy atom. The lowest BCUT2D eigenvalue weighted by molar-refractivity contribution is -0.141. The fourth-order valence-corrected chi connectivity index (χ4v) is 5.16. The third-order valence-corrected chi connectivity index (χ3v) is 6.94. The van der Waals surface area contributed by atoms with Crippen LogP contribution in [-0.4, -0.2) is 46.4 Å². The molecule has 0 amide bonds. The van der Waals surface area contributed by atoms with Crippen molar-refractivity contribution in [3.63, 3.8) is 0 Å². The predicted octanol–water partition coefficient (Wildman–Crippen LogP) is 3.24. The molecular weight excluding hydrogens is 450 g/mol. The van der Waals surface area contributed by atoms with Gasteiger partial charge in [0.05, 0.1) is 6.33 Å². The number of sulfonamides is 1. The van der Waals surface area contributed by atoms with Gasteiger partial charge in [-0.3, -0.25) is 0 Å². The summed E-state index contributed by atoms with van der Waals surface area (Å²) in [7, 11) is -2.32. The number of aryl methyl sites for hydroxylation is 1. The highest BCUT2D eigenvalue weighted by molar-refractivity contribution is 7.89. The van der Waals surface area contributed by atoms with Crippen LogP contribution in [0, 0.1) is 5.82 Å². The monoisotopic (exact) mass is 469 g/mol. The summed E-state index contributed by atoms with van der Waals surface area (Å²) < 4.78 is 81.8. The second-order valence-corrected chi connectivity index (χ2v) is 9.40. The summed E-state index contributed by atoms with van der Waals surface area (Å²) in [5.41, 5.74) is -0.547. The van der Waals surface area contributed by atoms with Crippen LogP contribution in [0.3, 0.4) is 0 Å². The van der Waals surface area contributed by atoms with Gasteiger partial charge < -0.3 is 9.88 Å². The molecule has 2 atom stereocenters. The molecule has 1 saturated heterocycles. The molecule has 170 valence electrons. The standard InChI is InChI=1S/C20H19F4N5O2S/c1-28-11-19(25-12-28)32(30,31)29-9-15(13-4-2-5-14(21)8-13)16(10-29)26-18-7-3-6-17(27-18)20(22,23)24/h2-8,11-12,15-16H,9-10H2,1H3,(H,26,27)/t15-,16+/m0/s1. The van der Waals surface area contributed by atoms with E-state index in [0.29, 0.717) is 5.56 Å². The van der Waals surface area contributed by atoms with E-state index < -0.39 is 39.7 Å². The lowest BCUT2D eigenvalue weighted by Crippen LogP contribution is -2.32. The van der Waals surface area contributed by atoms with Crippen molar-refractivity contribution >= 4 is 15.8 Å². The third-order valence-electron chi connectivity index (χ3n) is 5.22. The van der Waals surface area contributed by atoms with Gasteiger partial charge in [0.15, 0.2) is 5.03 Å². The molecule has 0 aliphatic carbocycles. The Labute approximate surface area is 181 Å². The van der Waals surface area contributed by atoms with E-state index in [2.05, 4.69) is 15.3 Å². The highest BCUT2D eigenvalue weighted by Gasteiger charge is 2.41. The Balaban J connectivity index is 1.67. The number of anilines is 1. The van der Waals surface area contributed by atoms with E-state index in [-0.39, 0.29) is 23.9 Å². The molecule has 7 nitrogen and oxygen atoms in total. The number of pyridine rings is 1. The summed E-state index contributed by atoms with van der Waals surface area (Å²) in [6.07, 6.45) is -1.90. The number of aromatic nitrogens is 3. The van der Waals surface area contributed by atoms with Crippen LogP contribution in [0.15, 0.2) is 60.0 Å². The van der Waals surface area contributed by atoms with Crippen molar-refractivity contribution in [1.29, 1.82) is 0 Å². The predicted molar refractivity (Wildman–Crippen MR) is 108 cm³/mol. The summed E-state index contributed by atoms with van der Waals surface area (Å²) in [6.45, 7) is -0.0585. The van der Waals surface area contributed by atoms with Gasteiger partial charge in [-0.2, -0.15) is 17.5 Å². The number of halogens is 4. The van der Waals surface area contributed by atoms with Gasteiger partial charge in [-0.15, -0.1) is 0 Å². The summed E-state index contributed by atoms with van der Waals surface area (Å²) >= 11 is 0. The molecule has 0 saturated carbocycles. The maximum Gasteiger partial charge on any atom is 0.433 e. The molecule has 4 rings (SSSR count). The Hall–Kier alpha value is -2.99. The van der Waals surface area contributed by atoms with Crippen LogP contribution in [0.1, 0.15) is 17.2 Å². The van der Waals surface area contributed by atoms with Crippen LogP contribution >= 0.6 is 0 Å². The van der Waals surface area contributed by atoms with Crippen LogP contribution < -0.4 is 5.32 Å². The molecule has 1 aliphatic rings. The Bertz CT molecular complexity index is 1230. The number of nitrogens with one attached hydrogen (secondary N) is 1. The van der Waals surface area contributed by atoms with Crippen LogP contribution in [0.25, 0.3) is 0 Å². The molecule has 2 aromatic heterocycles. The van der Waals surface area contributed by atoms with Crippen molar-refractivity contribution in [1.82, 2.24) is 18.8 Å². The van der Waals surface area contributed by atoms with Gasteiger partial charge in [-0.05, 0) is 29.8 Å². The zero-order valence-electron chi connectivity index (χ0n) is 16.8. The zero-order chi connectivity index (χ0) is 23.1. The molecular formula is C20H19F4N5O2S. The molecule has 0 unspecified atom stereocenters. The molecule has 3 aromatic rings. The number of benzene rings is 1. The van der Waals surface area contributed by atoms with E-state index in [0.717, 1.165) is 6.07 Å². The minimum absolute atomic E-state index is 0.00100. The van der Waals surface area contributed by atoms with Gasteiger partial charge in [0.1, 0.15) is 17.3 Å². The molecule has 1 fully saturated rings. The Morgan fingerprint density at radius 3 is 2.53 bits per heavy atom. The topological polar surface area (TPSA) is 80.1 Å². The first kappa shape index (κ1) is 22.2. The van der Waals surface area contributed by atoms with Crippen molar-refractivity contribution in [3.05, 3.63) is 72.1 Å². The van der Waals surface area contributed by atoms with Crippen molar-refractivity contribution in [2.24, 2.45) is 7.05 Å². The quantitative estimate of drug-likeness (QED) is 0.581. The van der Waals surface area contributed by atoms with Crippen molar-refractivity contribution < 1.29 is 26.0 Å². The molecule has 0 spiro atoms. The molecule has 1 aromatic carbocycles. The van der Waals surface area contributed by atoms with E-state index in [4.69, 9.17) is 0 Å². The number of alkyl halides is 3. The van der Waals surface area contributed by atoms with Crippen LogP contribution in [0.5, 0.6) is 0 Å². The van der Waals surface area contributed by atoms with Crippen molar-refractivity contribution in [3.8, 4) is 0 Å². The van der Waals surface area contributed by atoms with E-state index in [1.54, 1.807) is 13.1 Å². The SMILES string of the molecule is Cn1cnc(S(=O)(=O)N2C[C@@H](Nc3cccc(C(F)(F)F)n3)[C@H](c3cccc(F)c3)C2)c1. The summed E-state index contributed by atoms with van der Waals surface area (Å²) in [6, 6.07) is 8.49. The average Bonchev–Trinajstić information content (AvgIpc) is 3.35. The first-order chi connectivity index (χ1) is 15.0. The second-order valence-electron chi connectivity index (χ2n) is 7.52. The molecule has 32 heavy (non-hydrogen) atoms. The average molecular weight is 469 g/mol. The van der Waals surface area contributed by atoms with Gasteiger partial charge in [0.25, 0.3) is 10.0 Å². The highest BCUT2D eigenvalue weighted by Crippen LogP contribution is 2.34. The number of imidazole rings is 1. The molecule has 1 aliphatic heterocycles. The molecule has 0 bridgehead atoms. The first-order valence-electron chi connectivity index (χ1n) is 9.58. The minimum Gasteiger partial charge on any atom is -0.365 e. The number of hydrogen-bond donors (Lipinski definition) is 1. The third kappa shape index (κ3) is 4.46. The second kappa shape index (κ2) is 8.17. The normalized spacial score (nSPS) is 19.9.